The largest absolute Gasteiger partial charge is 0.339 e. The van der Waals surface area contributed by atoms with E-state index >= 15 is 0 Å². The summed E-state index contributed by atoms with van der Waals surface area (Å²) in [5.74, 6) is 2.68. The zero-order chi connectivity index (χ0) is 9.38. The number of aromatic amines is 1. The molecule has 1 saturated carbocycles. The predicted molar refractivity (Wildman–Crippen MR) is 54.4 cm³/mol. The Morgan fingerprint density at radius 3 is 2.57 bits per heavy atom. The monoisotopic (exact) mass is 192 g/mol. The van der Waals surface area contributed by atoms with Gasteiger partial charge in [-0.2, -0.15) is 4.98 Å². The van der Waals surface area contributed by atoms with Crippen LogP contribution in [0, 0.1) is 0 Å². The highest BCUT2D eigenvalue weighted by molar-refractivity contribution is 5.32. The topological polar surface area (TPSA) is 44.8 Å². The van der Waals surface area contributed by atoms with Gasteiger partial charge in [-0.05, 0) is 19.3 Å². The van der Waals surface area contributed by atoms with Crippen LogP contribution in [0.5, 0.6) is 0 Å². The molecule has 4 heteroatoms. The van der Waals surface area contributed by atoms with Gasteiger partial charge in [-0.15, -0.1) is 5.10 Å². The molecular weight excluding hydrogens is 176 g/mol. The molecule has 1 saturated heterocycles. The molecule has 2 aliphatic rings. The van der Waals surface area contributed by atoms with E-state index in [4.69, 9.17) is 0 Å². The van der Waals surface area contributed by atoms with Crippen LogP contribution in [0.3, 0.4) is 0 Å². The molecule has 0 atom stereocenters. The summed E-state index contributed by atoms with van der Waals surface area (Å²) >= 11 is 0. The third-order valence-corrected chi connectivity index (χ3v) is 3.37. The van der Waals surface area contributed by atoms with Crippen molar-refractivity contribution in [1.82, 2.24) is 15.2 Å². The SMILES string of the molecule is C1CCC(c2nc(N3CCC3)n[nH]2)C1. The second kappa shape index (κ2) is 3.26. The molecule has 14 heavy (non-hydrogen) atoms. The van der Waals surface area contributed by atoms with Gasteiger partial charge in [0.15, 0.2) is 0 Å². The van der Waals surface area contributed by atoms with Gasteiger partial charge < -0.3 is 4.90 Å². The second-order valence-corrected chi connectivity index (χ2v) is 4.34. The Morgan fingerprint density at radius 2 is 1.93 bits per heavy atom. The number of nitrogens with zero attached hydrogens (tertiary/aromatic N) is 3. The molecule has 0 radical (unpaired) electrons. The Balaban J connectivity index is 1.75. The lowest BCUT2D eigenvalue weighted by Gasteiger charge is -2.29. The molecule has 1 N–H and O–H groups in total. The molecule has 1 aliphatic carbocycles. The summed E-state index contributed by atoms with van der Waals surface area (Å²) in [5, 5.41) is 7.37. The minimum Gasteiger partial charge on any atom is -0.339 e. The van der Waals surface area contributed by atoms with Crippen molar-refractivity contribution in [2.24, 2.45) is 0 Å². The van der Waals surface area contributed by atoms with E-state index in [1.54, 1.807) is 0 Å². The van der Waals surface area contributed by atoms with Crippen molar-refractivity contribution < 1.29 is 0 Å². The van der Waals surface area contributed by atoms with Crippen molar-refractivity contribution in [3.63, 3.8) is 0 Å². The molecule has 2 heterocycles. The van der Waals surface area contributed by atoms with Gasteiger partial charge in [0.25, 0.3) is 0 Å². The molecule has 3 rings (SSSR count). The third kappa shape index (κ3) is 1.29. The Labute approximate surface area is 83.7 Å². The summed E-state index contributed by atoms with van der Waals surface area (Å²) in [7, 11) is 0. The Kier molecular flexibility index (Phi) is 1.92. The molecular formula is C10H16N4. The van der Waals surface area contributed by atoms with E-state index in [-0.39, 0.29) is 0 Å². The highest BCUT2D eigenvalue weighted by Crippen LogP contribution is 2.32. The van der Waals surface area contributed by atoms with Crippen LogP contribution in [0.1, 0.15) is 43.8 Å². The average molecular weight is 192 g/mol. The predicted octanol–water partition coefficient (Wildman–Crippen LogP) is 1.67. The molecule has 4 nitrogen and oxygen atoms in total. The Hall–Kier alpha value is -1.06. The first-order valence-corrected chi connectivity index (χ1v) is 5.61. The number of H-pyrrole nitrogens is 1. The zero-order valence-electron chi connectivity index (χ0n) is 8.37. The van der Waals surface area contributed by atoms with E-state index in [9.17, 15) is 0 Å². The first-order chi connectivity index (χ1) is 6.93. The molecule has 0 aromatic carbocycles. The standard InChI is InChI=1S/C10H16N4/c1-2-5-8(4-1)9-11-10(13-12-9)14-6-3-7-14/h8H,1-7H2,(H,11,12,13). The normalized spacial score (nSPS) is 22.7. The lowest BCUT2D eigenvalue weighted by Crippen LogP contribution is -2.37. The lowest BCUT2D eigenvalue weighted by atomic mass is 10.1. The quantitative estimate of drug-likeness (QED) is 0.775. The van der Waals surface area contributed by atoms with Gasteiger partial charge in [-0.3, -0.25) is 5.10 Å². The van der Waals surface area contributed by atoms with Gasteiger partial charge in [-0.1, -0.05) is 12.8 Å². The molecule has 1 aromatic heterocycles. The van der Waals surface area contributed by atoms with Gasteiger partial charge in [0, 0.05) is 19.0 Å². The van der Waals surface area contributed by atoms with Crippen molar-refractivity contribution in [2.75, 3.05) is 18.0 Å². The van der Waals surface area contributed by atoms with Crippen LogP contribution in [0.4, 0.5) is 5.95 Å². The van der Waals surface area contributed by atoms with Gasteiger partial charge in [-0.25, -0.2) is 0 Å². The van der Waals surface area contributed by atoms with Crippen molar-refractivity contribution in [3.05, 3.63) is 5.82 Å². The maximum atomic E-state index is 4.57. The zero-order valence-corrected chi connectivity index (χ0v) is 8.37. The van der Waals surface area contributed by atoms with Gasteiger partial charge in [0.2, 0.25) is 5.95 Å². The minimum absolute atomic E-state index is 0.650. The number of hydrogen-bond acceptors (Lipinski definition) is 3. The highest BCUT2D eigenvalue weighted by atomic mass is 15.4. The maximum absolute atomic E-state index is 4.57. The molecule has 0 amide bonds. The first kappa shape index (κ1) is 8.26. The summed E-state index contributed by atoms with van der Waals surface area (Å²) in [6, 6.07) is 0. The molecule has 1 aliphatic heterocycles. The van der Waals surface area contributed by atoms with E-state index < -0.39 is 0 Å². The van der Waals surface area contributed by atoms with E-state index in [1.807, 2.05) is 0 Å². The van der Waals surface area contributed by atoms with E-state index in [1.165, 1.54) is 32.1 Å². The Morgan fingerprint density at radius 1 is 1.14 bits per heavy atom. The van der Waals surface area contributed by atoms with E-state index in [0.29, 0.717) is 5.92 Å². The van der Waals surface area contributed by atoms with Crippen LogP contribution in [0.15, 0.2) is 0 Å². The lowest BCUT2D eigenvalue weighted by molar-refractivity contribution is 0.600. The molecule has 0 bridgehead atoms. The van der Waals surface area contributed by atoms with E-state index in [2.05, 4.69) is 20.1 Å². The maximum Gasteiger partial charge on any atom is 0.244 e. The fourth-order valence-electron chi connectivity index (χ4n) is 2.30. The number of rotatable bonds is 2. The van der Waals surface area contributed by atoms with Gasteiger partial charge in [0.05, 0.1) is 0 Å². The Bertz CT molecular complexity index is 310. The number of anilines is 1. The fraction of sp³-hybridized carbons (Fsp3) is 0.800. The molecule has 1 aromatic rings. The third-order valence-electron chi connectivity index (χ3n) is 3.37. The van der Waals surface area contributed by atoms with Gasteiger partial charge >= 0.3 is 0 Å². The second-order valence-electron chi connectivity index (χ2n) is 4.34. The smallest absolute Gasteiger partial charge is 0.244 e. The molecule has 2 fully saturated rings. The molecule has 0 unspecified atom stereocenters. The van der Waals surface area contributed by atoms with Gasteiger partial charge in [0.1, 0.15) is 5.82 Å². The van der Waals surface area contributed by atoms with E-state index in [0.717, 1.165) is 24.9 Å². The number of hydrogen-bond donors (Lipinski definition) is 1. The summed E-state index contributed by atoms with van der Waals surface area (Å²) in [6.45, 7) is 2.25. The summed E-state index contributed by atoms with van der Waals surface area (Å²) in [5.41, 5.74) is 0. The number of nitrogens with one attached hydrogen (secondary N) is 1. The van der Waals surface area contributed by atoms with Crippen LogP contribution in [0.2, 0.25) is 0 Å². The van der Waals surface area contributed by atoms with Crippen LogP contribution in [-0.4, -0.2) is 28.3 Å². The molecule has 0 spiro atoms. The van der Waals surface area contributed by atoms with Crippen molar-refractivity contribution in [1.29, 1.82) is 0 Å². The summed E-state index contributed by atoms with van der Waals surface area (Å²) in [4.78, 5) is 6.80. The highest BCUT2D eigenvalue weighted by Gasteiger charge is 2.23. The average Bonchev–Trinajstić information content (AvgIpc) is 2.65. The van der Waals surface area contributed by atoms with Crippen LogP contribution in [-0.2, 0) is 0 Å². The summed E-state index contributed by atoms with van der Waals surface area (Å²) < 4.78 is 0. The van der Waals surface area contributed by atoms with Crippen LogP contribution >= 0.6 is 0 Å². The first-order valence-electron chi connectivity index (χ1n) is 5.61. The van der Waals surface area contributed by atoms with Crippen molar-refractivity contribution in [3.8, 4) is 0 Å². The summed E-state index contributed by atoms with van der Waals surface area (Å²) in [6.07, 6.45) is 6.56. The van der Waals surface area contributed by atoms with Crippen molar-refractivity contribution >= 4 is 5.95 Å². The van der Waals surface area contributed by atoms with Crippen LogP contribution in [0.25, 0.3) is 0 Å². The number of aromatic nitrogens is 3. The molecule has 76 valence electrons. The minimum atomic E-state index is 0.650. The fourth-order valence-corrected chi connectivity index (χ4v) is 2.30. The van der Waals surface area contributed by atoms with Crippen molar-refractivity contribution in [2.45, 2.75) is 38.0 Å². The van der Waals surface area contributed by atoms with Crippen LogP contribution < -0.4 is 4.90 Å².